The normalized spacial score (nSPS) is 47.1. The Hall–Kier alpha value is 0.110. The quantitative estimate of drug-likeness (QED) is 0.658. The van der Waals surface area contributed by atoms with Crippen LogP contribution in [0.4, 0.5) is 0 Å². The van der Waals surface area contributed by atoms with Gasteiger partial charge in [-0.1, -0.05) is 15.9 Å². The van der Waals surface area contributed by atoms with Crippen LogP contribution in [0.1, 0.15) is 19.8 Å². The van der Waals surface area contributed by atoms with E-state index in [2.05, 4.69) is 22.9 Å². The van der Waals surface area contributed by atoms with Crippen molar-refractivity contribution in [3.63, 3.8) is 0 Å². The van der Waals surface area contributed by atoms with Gasteiger partial charge in [0.15, 0.2) is 5.78 Å². The van der Waals surface area contributed by atoms with Gasteiger partial charge in [-0.25, -0.2) is 0 Å². The third kappa shape index (κ3) is 0.905. The molecular formula is C8H11BrO2. The molecule has 3 fully saturated rings. The highest BCUT2D eigenvalue weighted by Gasteiger charge is 2.62. The lowest BCUT2D eigenvalue weighted by molar-refractivity contribution is -0.129. The van der Waals surface area contributed by atoms with Crippen molar-refractivity contribution in [2.75, 3.05) is 11.9 Å². The molecule has 0 amide bonds. The van der Waals surface area contributed by atoms with Crippen LogP contribution in [-0.2, 0) is 9.53 Å². The Balaban J connectivity index is 2.13. The van der Waals surface area contributed by atoms with Crippen LogP contribution < -0.4 is 0 Å². The number of carbonyl (C=O) groups is 1. The standard InChI is InChI=1S/C8H11BrO2/c1-7-3-8(4-7,5-11-7)6(10)2-9/h2-5H2,1H3. The molecule has 62 valence electrons. The molecule has 0 radical (unpaired) electrons. The number of ether oxygens (including phenoxy) is 1. The van der Waals surface area contributed by atoms with E-state index in [4.69, 9.17) is 4.74 Å². The van der Waals surface area contributed by atoms with E-state index < -0.39 is 0 Å². The zero-order valence-corrected chi connectivity index (χ0v) is 8.11. The highest BCUT2D eigenvalue weighted by molar-refractivity contribution is 9.09. The van der Waals surface area contributed by atoms with E-state index in [-0.39, 0.29) is 11.0 Å². The number of Topliss-reactive ketones (excluding diaryl/α,β-unsaturated/α-hetero) is 1. The number of halogens is 1. The maximum Gasteiger partial charge on any atom is 0.152 e. The van der Waals surface area contributed by atoms with Crippen LogP contribution in [0.15, 0.2) is 0 Å². The van der Waals surface area contributed by atoms with Crippen molar-refractivity contribution in [2.24, 2.45) is 5.41 Å². The second kappa shape index (κ2) is 2.07. The summed E-state index contributed by atoms with van der Waals surface area (Å²) < 4.78 is 5.50. The van der Waals surface area contributed by atoms with Gasteiger partial charge in [0.2, 0.25) is 0 Å². The lowest BCUT2D eigenvalue weighted by Crippen LogP contribution is -2.47. The zero-order chi connectivity index (χ0) is 8.11. The van der Waals surface area contributed by atoms with Crippen molar-refractivity contribution in [1.82, 2.24) is 0 Å². The molecule has 0 N–H and O–H groups in total. The number of hydrogen-bond acceptors (Lipinski definition) is 2. The minimum Gasteiger partial charge on any atom is -0.374 e. The van der Waals surface area contributed by atoms with Crippen LogP contribution in [0, 0.1) is 5.41 Å². The summed E-state index contributed by atoms with van der Waals surface area (Å²) in [5.74, 6) is 0.312. The summed E-state index contributed by atoms with van der Waals surface area (Å²) in [5, 5.41) is 0.479. The van der Waals surface area contributed by atoms with Crippen LogP contribution >= 0.6 is 15.9 Å². The van der Waals surface area contributed by atoms with E-state index in [1.807, 2.05) is 0 Å². The molecule has 3 heteroatoms. The summed E-state index contributed by atoms with van der Waals surface area (Å²) in [6.45, 7) is 2.73. The topological polar surface area (TPSA) is 26.3 Å². The minimum atomic E-state index is -0.0990. The Kier molecular flexibility index (Phi) is 1.46. The molecule has 2 heterocycles. The molecule has 0 unspecified atom stereocenters. The predicted molar refractivity (Wildman–Crippen MR) is 44.8 cm³/mol. The molecule has 1 saturated carbocycles. The second-order valence-electron chi connectivity index (χ2n) is 3.93. The maximum atomic E-state index is 11.4. The van der Waals surface area contributed by atoms with Gasteiger partial charge in [-0.2, -0.15) is 0 Å². The van der Waals surface area contributed by atoms with Crippen LogP contribution in [0.25, 0.3) is 0 Å². The average molecular weight is 219 g/mol. The van der Waals surface area contributed by atoms with Gasteiger partial charge in [-0.3, -0.25) is 4.79 Å². The molecule has 2 aliphatic heterocycles. The van der Waals surface area contributed by atoms with Gasteiger partial charge in [-0.15, -0.1) is 0 Å². The molecular weight excluding hydrogens is 208 g/mol. The Bertz CT molecular complexity index is 206. The molecule has 2 saturated heterocycles. The summed E-state index contributed by atoms with van der Waals surface area (Å²) in [6.07, 6.45) is 1.87. The van der Waals surface area contributed by atoms with Crippen molar-refractivity contribution in [3.8, 4) is 0 Å². The van der Waals surface area contributed by atoms with Gasteiger partial charge < -0.3 is 4.74 Å². The molecule has 0 aromatic carbocycles. The highest BCUT2D eigenvalue weighted by Crippen LogP contribution is 2.58. The van der Waals surface area contributed by atoms with Crippen LogP contribution in [0.2, 0.25) is 0 Å². The first-order valence-electron chi connectivity index (χ1n) is 3.84. The molecule has 0 atom stereocenters. The lowest BCUT2D eigenvalue weighted by atomic mass is 9.61. The average Bonchev–Trinajstić information content (AvgIpc) is 2.40. The van der Waals surface area contributed by atoms with Gasteiger partial charge in [-0.05, 0) is 19.8 Å². The number of rotatable bonds is 2. The third-order valence-corrected chi connectivity index (χ3v) is 3.34. The SMILES string of the molecule is CC12CC(C(=O)CBr)(CO1)C2. The Morgan fingerprint density at radius 3 is 2.64 bits per heavy atom. The molecule has 2 nitrogen and oxygen atoms in total. The van der Waals surface area contributed by atoms with Gasteiger partial charge in [0.05, 0.1) is 23.0 Å². The maximum absolute atomic E-state index is 11.4. The molecule has 0 aromatic heterocycles. The Morgan fingerprint density at radius 2 is 2.27 bits per heavy atom. The van der Waals surface area contributed by atoms with Gasteiger partial charge >= 0.3 is 0 Å². The third-order valence-electron chi connectivity index (χ3n) is 2.83. The summed E-state index contributed by atoms with van der Waals surface area (Å²) >= 11 is 3.20. The molecule has 1 aliphatic carbocycles. The summed E-state index contributed by atoms with van der Waals surface area (Å²) in [5.41, 5.74) is -0.0594. The van der Waals surface area contributed by atoms with E-state index in [1.54, 1.807) is 0 Å². The largest absolute Gasteiger partial charge is 0.374 e. The smallest absolute Gasteiger partial charge is 0.152 e. The first kappa shape index (κ1) is 7.74. The minimum absolute atomic E-state index is 0.0395. The van der Waals surface area contributed by atoms with Crippen molar-refractivity contribution in [3.05, 3.63) is 0 Å². The first-order chi connectivity index (χ1) is 5.10. The molecule has 3 rings (SSSR count). The predicted octanol–water partition coefficient (Wildman–Crippen LogP) is 1.52. The summed E-state index contributed by atoms with van der Waals surface area (Å²) in [4.78, 5) is 11.4. The van der Waals surface area contributed by atoms with Crippen LogP contribution in [-0.4, -0.2) is 23.3 Å². The molecule has 2 bridgehead atoms. The number of alkyl halides is 1. The van der Waals surface area contributed by atoms with Gasteiger partial charge in [0, 0.05) is 0 Å². The zero-order valence-electron chi connectivity index (χ0n) is 6.52. The second-order valence-corrected chi connectivity index (χ2v) is 4.49. The molecule has 0 aromatic rings. The fourth-order valence-corrected chi connectivity index (χ4v) is 2.91. The van der Waals surface area contributed by atoms with Crippen molar-refractivity contribution >= 4 is 21.7 Å². The van der Waals surface area contributed by atoms with E-state index >= 15 is 0 Å². The number of ketones is 1. The van der Waals surface area contributed by atoms with Gasteiger partial charge in [0.1, 0.15) is 0 Å². The fraction of sp³-hybridized carbons (Fsp3) is 0.875. The van der Waals surface area contributed by atoms with Crippen LogP contribution in [0.5, 0.6) is 0 Å². The Labute approximate surface area is 74.4 Å². The van der Waals surface area contributed by atoms with Crippen molar-refractivity contribution in [2.45, 2.75) is 25.4 Å². The first-order valence-corrected chi connectivity index (χ1v) is 4.96. The monoisotopic (exact) mass is 218 g/mol. The van der Waals surface area contributed by atoms with E-state index in [1.165, 1.54) is 0 Å². The number of fused-ring (bicyclic) bond motifs is 1. The van der Waals surface area contributed by atoms with Crippen molar-refractivity contribution in [1.29, 1.82) is 0 Å². The fourth-order valence-electron chi connectivity index (χ4n) is 2.32. The van der Waals surface area contributed by atoms with E-state index in [0.717, 1.165) is 12.8 Å². The lowest BCUT2D eigenvalue weighted by Gasteiger charge is -2.40. The summed E-state index contributed by atoms with van der Waals surface area (Å²) in [6, 6.07) is 0. The van der Waals surface area contributed by atoms with Crippen molar-refractivity contribution < 1.29 is 9.53 Å². The van der Waals surface area contributed by atoms with Crippen LogP contribution in [0.3, 0.4) is 0 Å². The summed E-state index contributed by atoms with van der Waals surface area (Å²) in [7, 11) is 0. The highest BCUT2D eigenvalue weighted by atomic mass is 79.9. The molecule has 3 aliphatic rings. The van der Waals surface area contributed by atoms with E-state index in [9.17, 15) is 4.79 Å². The molecule has 11 heavy (non-hydrogen) atoms. The number of hydrogen-bond donors (Lipinski definition) is 0. The molecule has 0 spiro atoms. The van der Waals surface area contributed by atoms with E-state index in [0.29, 0.717) is 17.7 Å². The van der Waals surface area contributed by atoms with Gasteiger partial charge in [0.25, 0.3) is 0 Å². The Morgan fingerprint density at radius 1 is 1.64 bits per heavy atom. The number of carbonyl (C=O) groups excluding carboxylic acids is 1.